The number of nitrogens with zero attached hydrogens (tertiary/aromatic N) is 1. The Bertz CT molecular complexity index is 725. The molecule has 0 saturated carbocycles. The number of ether oxygens (including phenoxy) is 1. The third-order valence-corrected chi connectivity index (χ3v) is 5.30. The molecule has 0 spiro atoms. The number of aromatic nitrogens is 1. The van der Waals surface area contributed by atoms with Gasteiger partial charge in [-0.25, -0.2) is 0 Å². The molecule has 0 aliphatic rings. The van der Waals surface area contributed by atoms with Gasteiger partial charge < -0.3 is 4.74 Å². The Morgan fingerprint density at radius 1 is 1.20 bits per heavy atom. The highest BCUT2D eigenvalue weighted by Gasteiger charge is 2.16. The molecule has 102 valence electrons. The maximum atomic E-state index is 5.37. The van der Waals surface area contributed by atoms with Crippen LogP contribution < -0.4 is 4.74 Å². The third kappa shape index (κ3) is 2.72. The number of hydrogen-bond acceptors (Lipinski definition) is 3. The fourth-order valence-electron chi connectivity index (χ4n) is 2.20. The highest BCUT2D eigenvalue weighted by Crippen LogP contribution is 2.37. The molecule has 0 saturated heterocycles. The molecule has 3 rings (SSSR count). The average Bonchev–Trinajstić information content (AvgIpc) is 2.95. The maximum absolute atomic E-state index is 5.37. The number of hydrogen-bond donors (Lipinski definition) is 0. The average molecular weight is 348 g/mol. The Balaban J connectivity index is 1.85. The van der Waals surface area contributed by atoms with Gasteiger partial charge in [0.25, 0.3) is 0 Å². The molecular weight excluding hydrogens is 334 g/mol. The van der Waals surface area contributed by atoms with E-state index in [1.165, 1.54) is 10.3 Å². The summed E-state index contributed by atoms with van der Waals surface area (Å²) in [6, 6.07) is 14.4. The number of alkyl halides is 1. The van der Waals surface area contributed by atoms with Gasteiger partial charge in [0.05, 0.1) is 22.3 Å². The predicted octanol–water partition coefficient (Wildman–Crippen LogP) is 4.98. The molecule has 3 aromatic rings. The molecule has 0 aliphatic heterocycles. The van der Waals surface area contributed by atoms with E-state index in [1.807, 2.05) is 24.3 Å². The highest BCUT2D eigenvalue weighted by molar-refractivity contribution is 9.09. The van der Waals surface area contributed by atoms with Gasteiger partial charge in [-0.2, -0.15) is 0 Å². The maximum Gasteiger partial charge on any atom is 0.133 e. The minimum atomic E-state index is 0.228. The molecule has 1 atom stereocenters. The topological polar surface area (TPSA) is 22.1 Å². The smallest absolute Gasteiger partial charge is 0.133 e. The van der Waals surface area contributed by atoms with Crippen molar-refractivity contribution in [2.45, 2.75) is 11.2 Å². The minimum absolute atomic E-state index is 0.228. The lowest BCUT2D eigenvalue weighted by Crippen LogP contribution is -1.98. The van der Waals surface area contributed by atoms with Crippen LogP contribution in [0.15, 0.2) is 47.8 Å². The Morgan fingerprint density at radius 3 is 2.90 bits per heavy atom. The summed E-state index contributed by atoms with van der Waals surface area (Å²) >= 11 is 5.45. The molecule has 1 unspecified atom stereocenters. The fraction of sp³-hybridized carbons (Fsp3) is 0.188. The number of thiophene rings is 1. The molecule has 2 aromatic heterocycles. The van der Waals surface area contributed by atoms with E-state index in [0.717, 1.165) is 23.4 Å². The second-order valence-corrected chi connectivity index (χ2v) is 6.57. The number of fused-ring (bicyclic) bond motifs is 1. The van der Waals surface area contributed by atoms with E-state index in [0.29, 0.717) is 0 Å². The van der Waals surface area contributed by atoms with Crippen molar-refractivity contribution in [1.82, 2.24) is 4.98 Å². The quantitative estimate of drug-likeness (QED) is 0.620. The van der Waals surface area contributed by atoms with E-state index in [9.17, 15) is 0 Å². The zero-order valence-electron chi connectivity index (χ0n) is 11.0. The number of pyridine rings is 1. The molecule has 0 amide bonds. The van der Waals surface area contributed by atoms with Crippen LogP contribution in [-0.2, 0) is 6.42 Å². The van der Waals surface area contributed by atoms with Crippen molar-refractivity contribution in [2.24, 2.45) is 0 Å². The first-order valence-electron chi connectivity index (χ1n) is 6.38. The van der Waals surface area contributed by atoms with Gasteiger partial charge in [0, 0.05) is 17.5 Å². The van der Waals surface area contributed by atoms with Crippen LogP contribution in [0.5, 0.6) is 5.75 Å². The zero-order valence-corrected chi connectivity index (χ0v) is 13.4. The molecule has 2 heterocycles. The summed E-state index contributed by atoms with van der Waals surface area (Å²) in [4.78, 5) is 6.15. The van der Waals surface area contributed by atoms with E-state index in [2.05, 4.69) is 39.5 Å². The lowest BCUT2D eigenvalue weighted by molar-refractivity contribution is 0.412. The van der Waals surface area contributed by atoms with Gasteiger partial charge in [0.2, 0.25) is 0 Å². The number of para-hydroxylation sites is 1. The van der Waals surface area contributed by atoms with Gasteiger partial charge in [-0.05, 0) is 23.6 Å². The lowest BCUT2D eigenvalue weighted by atomic mass is 10.1. The molecule has 20 heavy (non-hydrogen) atoms. The molecule has 2 nitrogen and oxygen atoms in total. The summed E-state index contributed by atoms with van der Waals surface area (Å²) in [6.07, 6.45) is 0.849. The first-order valence-corrected chi connectivity index (χ1v) is 8.17. The lowest BCUT2D eigenvalue weighted by Gasteiger charge is -2.10. The largest absolute Gasteiger partial charge is 0.496 e. The van der Waals surface area contributed by atoms with Crippen molar-refractivity contribution in [3.05, 3.63) is 58.4 Å². The predicted molar refractivity (Wildman–Crippen MR) is 88.0 cm³/mol. The van der Waals surface area contributed by atoms with Crippen molar-refractivity contribution >= 4 is 38.2 Å². The van der Waals surface area contributed by atoms with Crippen LogP contribution in [0.1, 0.15) is 15.4 Å². The van der Waals surface area contributed by atoms with Crippen LogP contribution in [0.4, 0.5) is 0 Å². The van der Waals surface area contributed by atoms with Gasteiger partial charge in [0.15, 0.2) is 0 Å². The van der Waals surface area contributed by atoms with E-state index < -0.39 is 0 Å². The summed E-state index contributed by atoms with van der Waals surface area (Å²) in [5, 5.41) is 3.23. The highest BCUT2D eigenvalue weighted by atomic mass is 79.9. The third-order valence-electron chi connectivity index (χ3n) is 3.21. The second kappa shape index (κ2) is 5.94. The summed E-state index contributed by atoms with van der Waals surface area (Å²) in [6.45, 7) is 0. The fourth-order valence-corrected chi connectivity index (χ4v) is 3.92. The summed E-state index contributed by atoms with van der Waals surface area (Å²) < 4.78 is 5.37. The van der Waals surface area contributed by atoms with Crippen LogP contribution >= 0.6 is 27.3 Å². The second-order valence-electron chi connectivity index (χ2n) is 4.52. The molecule has 1 aromatic carbocycles. The van der Waals surface area contributed by atoms with Crippen LogP contribution in [0.25, 0.3) is 10.9 Å². The molecular formula is C16H14BrNOS. The molecule has 0 radical (unpaired) electrons. The normalized spacial score (nSPS) is 12.5. The van der Waals surface area contributed by atoms with Crippen molar-refractivity contribution in [3.63, 3.8) is 0 Å². The number of halogens is 1. The Labute approximate surface area is 130 Å². The number of methoxy groups -OCH3 is 1. The summed E-state index contributed by atoms with van der Waals surface area (Å²) in [5.41, 5.74) is 2.13. The van der Waals surface area contributed by atoms with E-state index in [1.54, 1.807) is 18.4 Å². The van der Waals surface area contributed by atoms with Crippen molar-refractivity contribution < 1.29 is 4.74 Å². The van der Waals surface area contributed by atoms with Crippen molar-refractivity contribution in [2.75, 3.05) is 7.11 Å². The van der Waals surface area contributed by atoms with E-state index in [-0.39, 0.29) is 4.83 Å². The van der Waals surface area contributed by atoms with Gasteiger partial charge in [-0.3, -0.25) is 4.98 Å². The SMILES string of the molecule is COc1ccsc1C(Br)Cc1ccc2ccccc2n1. The Hall–Kier alpha value is -1.39. The zero-order chi connectivity index (χ0) is 13.9. The van der Waals surface area contributed by atoms with E-state index in [4.69, 9.17) is 9.72 Å². The van der Waals surface area contributed by atoms with Crippen molar-refractivity contribution in [1.29, 1.82) is 0 Å². The Morgan fingerprint density at radius 2 is 2.05 bits per heavy atom. The van der Waals surface area contributed by atoms with Gasteiger partial charge in [-0.1, -0.05) is 40.2 Å². The van der Waals surface area contributed by atoms with Crippen LogP contribution in [0.3, 0.4) is 0 Å². The molecule has 0 N–H and O–H groups in total. The molecule has 4 heteroatoms. The summed E-state index contributed by atoms with van der Waals surface area (Å²) in [5.74, 6) is 0.942. The van der Waals surface area contributed by atoms with Crippen molar-refractivity contribution in [3.8, 4) is 5.75 Å². The van der Waals surface area contributed by atoms with Crippen LogP contribution in [0, 0.1) is 0 Å². The monoisotopic (exact) mass is 347 g/mol. The van der Waals surface area contributed by atoms with Gasteiger partial charge in [-0.15, -0.1) is 11.3 Å². The summed E-state index contributed by atoms with van der Waals surface area (Å²) in [7, 11) is 1.71. The Kier molecular flexibility index (Phi) is 4.03. The van der Waals surface area contributed by atoms with Gasteiger partial charge >= 0.3 is 0 Å². The van der Waals surface area contributed by atoms with Crippen LogP contribution in [0.2, 0.25) is 0 Å². The van der Waals surface area contributed by atoms with Crippen LogP contribution in [-0.4, -0.2) is 12.1 Å². The molecule has 0 fully saturated rings. The number of benzene rings is 1. The first-order chi connectivity index (χ1) is 9.78. The van der Waals surface area contributed by atoms with Gasteiger partial charge in [0.1, 0.15) is 5.75 Å². The van der Waals surface area contributed by atoms with E-state index >= 15 is 0 Å². The number of rotatable bonds is 4. The molecule has 0 aliphatic carbocycles. The minimum Gasteiger partial charge on any atom is -0.496 e. The molecule has 0 bridgehead atoms. The first kappa shape index (κ1) is 13.6. The standard InChI is InChI=1S/C16H14BrNOS/c1-19-15-8-9-20-16(15)13(17)10-12-7-6-11-4-2-3-5-14(11)18-12/h2-9,13H,10H2,1H3.